The van der Waals surface area contributed by atoms with Crippen LogP contribution in [-0.2, 0) is 0 Å². The molecule has 1 aromatic carbocycles. The van der Waals surface area contributed by atoms with Gasteiger partial charge in [-0.2, -0.15) is 10.2 Å². The Labute approximate surface area is 149 Å². The predicted molar refractivity (Wildman–Crippen MR) is 101 cm³/mol. The van der Waals surface area contributed by atoms with E-state index >= 15 is 0 Å². The second kappa shape index (κ2) is 6.98. The van der Waals surface area contributed by atoms with Crippen LogP contribution in [0.15, 0.2) is 30.5 Å². The topological polar surface area (TPSA) is 59.3 Å². The zero-order valence-electron chi connectivity index (χ0n) is 15.3. The molecule has 3 rings (SSSR count). The summed E-state index contributed by atoms with van der Waals surface area (Å²) in [4.78, 5) is 15.5. The van der Waals surface area contributed by atoms with Crippen molar-refractivity contribution in [1.82, 2.24) is 9.97 Å². The minimum absolute atomic E-state index is 0.324. The minimum atomic E-state index is 0.324. The molecule has 6 heteroatoms. The van der Waals surface area contributed by atoms with E-state index in [1.807, 2.05) is 44.2 Å². The summed E-state index contributed by atoms with van der Waals surface area (Å²) in [6.45, 7) is 3.86. The molecule has 1 unspecified atom stereocenters. The Kier molecular flexibility index (Phi) is 4.75. The number of rotatable bonds is 4. The maximum absolute atomic E-state index is 9.39. The zero-order valence-corrected chi connectivity index (χ0v) is 15.3. The molecule has 1 aliphatic rings. The van der Waals surface area contributed by atoms with E-state index in [9.17, 15) is 5.26 Å². The van der Waals surface area contributed by atoms with Crippen molar-refractivity contribution in [3.8, 4) is 6.07 Å². The third-order valence-electron chi connectivity index (χ3n) is 4.73. The monoisotopic (exact) mass is 336 g/mol. The van der Waals surface area contributed by atoms with Crippen molar-refractivity contribution in [2.45, 2.75) is 19.4 Å². The van der Waals surface area contributed by atoms with Crippen LogP contribution >= 0.6 is 0 Å². The van der Waals surface area contributed by atoms with Gasteiger partial charge < -0.3 is 14.7 Å². The van der Waals surface area contributed by atoms with E-state index < -0.39 is 0 Å². The average Bonchev–Trinajstić information content (AvgIpc) is 3.11. The maximum atomic E-state index is 9.39. The summed E-state index contributed by atoms with van der Waals surface area (Å²) in [6.07, 6.45) is 2.82. The molecule has 1 saturated heterocycles. The van der Waals surface area contributed by atoms with Gasteiger partial charge in [0.1, 0.15) is 11.9 Å². The number of aromatic nitrogens is 2. The molecule has 130 valence electrons. The van der Waals surface area contributed by atoms with E-state index in [4.69, 9.17) is 0 Å². The molecule has 0 amide bonds. The van der Waals surface area contributed by atoms with Crippen molar-refractivity contribution >= 4 is 17.5 Å². The fourth-order valence-corrected chi connectivity index (χ4v) is 3.20. The second-order valence-corrected chi connectivity index (χ2v) is 6.74. The lowest BCUT2D eigenvalue weighted by atomic mass is 10.1. The molecule has 0 N–H and O–H groups in total. The van der Waals surface area contributed by atoms with Crippen LogP contribution in [0.1, 0.15) is 17.5 Å². The lowest BCUT2D eigenvalue weighted by molar-refractivity contribution is 0.674. The fraction of sp³-hybridized carbons (Fsp3) is 0.421. The van der Waals surface area contributed by atoms with Gasteiger partial charge in [0.15, 0.2) is 0 Å². The molecule has 1 aliphatic heterocycles. The number of likely N-dealkylation sites (N-methyl/N-ethyl adjacent to an activating group) is 1. The van der Waals surface area contributed by atoms with E-state index in [0.717, 1.165) is 42.5 Å². The lowest BCUT2D eigenvalue weighted by Gasteiger charge is -2.26. The van der Waals surface area contributed by atoms with Crippen molar-refractivity contribution < 1.29 is 0 Å². The van der Waals surface area contributed by atoms with Crippen LogP contribution in [0.2, 0.25) is 0 Å². The van der Waals surface area contributed by atoms with Gasteiger partial charge >= 0.3 is 0 Å². The van der Waals surface area contributed by atoms with E-state index in [1.54, 1.807) is 6.20 Å². The van der Waals surface area contributed by atoms with Crippen LogP contribution in [0, 0.1) is 18.3 Å². The van der Waals surface area contributed by atoms with Gasteiger partial charge in [0.25, 0.3) is 0 Å². The number of nitriles is 1. The first-order valence-corrected chi connectivity index (χ1v) is 8.48. The van der Waals surface area contributed by atoms with Gasteiger partial charge in [-0.25, -0.2) is 4.98 Å². The Hall–Kier alpha value is -2.81. The number of anilines is 3. The first-order chi connectivity index (χ1) is 12.0. The van der Waals surface area contributed by atoms with Gasteiger partial charge in [-0.1, -0.05) is 6.07 Å². The van der Waals surface area contributed by atoms with Crippen LogP contribution in [0.4, 0.5) is 17.5 Å². The molecular weight excluding hydrogens is 312 g/mol. The van der Waals surface area contributed by atoms with Gasteiger partial charge in [-0.05, 0) is 37.1 Å². The van der Waals surface area contributed by atoms with E-state index in [0.29, 0.717) is 6.04 Å². The van der Waals surface area contributed by atoms with E-state index in [1.165, 1.54) is 5.56 Å². The normalized spacial score (nSPS) is 16.6. The molecule has 1 atom stereocenters. The van der Waals surface area contributed by atoms with Gasteiger partial charge in [-0.3, -0.25) is 0 Å². The summed E-state index contributed by atoms with van der Waals surface area (Å²) < 4.78 is 0. The Morgan fingerprint density at radius 1 is 1.24 bits per heavy atom. The number of aryl methyl sites for hydroxylation is 1. The highest BCUT2D eigenvalue weighted by Gasteiger charge is 2.28. The summed E-state index contributed by atoms with van der Waals surface area (Å²) >= 11 is 0. The first-order valence-electron chi connectivity index (χ1n) is 8.48. The maximum Gasteiger partial charge on any atom is 0.227 e. The standard InChI is InChI=1S/C19H24N6/c1-14-5-6-15(12-20)17(11-14)25-10-8-16(13-25)24(4)19-21-9-7-18(22-19)23(2)3/h5-7,9,11,16H,8,10,13H2,1-4H3. The first kappa shape index (κ1) is 17.0. The molecule has 6 nitrogen and oxygen atoms in total. The highest BCUT2D eigenvalue weighted by molar-refractivity contribution is 5.61. The quantitative estimate of drug-likeness (QED) is 0.855. The molecule has 2 heterocycles. The third kappa shape index (κ3) is 3.50. The molecule has 0 spiro atoms. The number of hydrogen-bond acceptors (Lipinski definition) is 6. The summed E-state index contributed by atoms with van der Waals surface area (Å²) in [5, 5.41) is 9.39. The second-order valence-electron chi connectivity index (χ2n) is 6.74. The van der Waals surface area contributed by atoms with Crippen molar-refractivity contribution in [2.24, 2.45) is 0 Å². The molecule has 1 fully saturated rings. The van der Waals surface area contributed by atoms with Gasteiger partial charge in [0.05, 0.1) is 17.3 Å². The van der Waals surface area contributed by atoms with Crippen molar-refractivity contribution in [3.05, 3.63) is 41.6 Å². The van der Waals surface area contributed by atoms with Gasteiger partial charge in [0.2, 0.25) is 5.95 Å². The summed E-state index contributed by atoms with van der Waals surface area (Å²) in [6, 6.07) is 10.5. The SMILES string of the molecule is Cc1ccc(C#N)c(N2CCC(N(C)c3nccc(N(C)C)n3)C2)c1. The van der Waals surface area contributed by atoms with Gasteiger partial charge in [-0.15, -0.1) is 0 Å². The molecule has 0 saturated carbocycles. The van der Waals surface area contributed by atoms with E-state index in [-0.39, 0.29) is 0 Å². The van der Waals surface area contributed by atoms with Crippen LogP contribution in [0.25, 0.3) is 0 Å². The summed E-state index contributed by atoms with van der Waals surface area (Å²) in [5.74, 6) is 1.64. The Bertz CT molecular complexity index is 795. The van der Waals surface area contributed by atoms with Crippen LogP contribution < -0.4 is 14.7 Å². The Morgan fingerprint density at radius 3 is 2.76 bits per heavy atom. The van der Waals surface area contributed by atoms with Crippen LogP contribution in [0.5, 0.6) is 0 Å². The predicted octanol–water partition coefficient (Wildman–Crippen LogP) is 2.44. The molecular formula is C19H24N6. The Balaban J connectivity index is 1.78. The van der Waals surface area contributed by atoms with Gasteiger partial charge in [0, 0.05) is 40.4 Å². The third-order valence-corrected chi connectivity index (χ3v) is 4.73. The smallest absolute Gasteiger partial charge is 0.227 e. The number of hydrogen-bond donors (Lipinski definition) is 0. The zero-order chi connectivity index (χ0) is 18.0. The van der Waals surface area contributed by atoms with Crippen LogP contribution in [0.3, 0.4) is 0 Å². The highest BCUT2D eigenvalue weighted by Crippen LogP contribution is 2.28. The molecule has 2 aromatic rings. The number of benzene rings is 1. The highest BCUT2D eigenvalue weighted by atomic mass is 15.3. The molecule has 25 heavy (non-hydrogen) atoms. The molecule has 0 radical (unpaired) electrons. The number of nitrogens with zero attached hydrogens (tertiary/aromatic N) is 6. The van der Waals surface area contributed by atoms with Crippen molar-refractivity contribution in [3.63, 3.8) is 0 Å². The minimum Gasteiger partial charge on any atom is -0.368 e. The summed E-state index contributed by atoms with van der Waals surface area (Å²) in [5.41, 5.74) is 2.94. The lowest BCUT2D eigenvalue weighted by Crippen LogP contribution is -2.36. The summed E-state index contributed by atoms with van der Waals surface area (Å²) in [7, 11) is 6.00. The Morgan fingerprint density at radius 2 is 2.04 bits per heavy atom. The molecule has 0 bridgehead atoms. The van der Waals surface area contributed by atoms with Crippen LogP contribution in [-0.4, -0.2) is 50.2 Å². The molecule has 1 aromatic heterocycles. The largest absolute Gasteiger partial charge is 0.368 e. The van der Waals surface area contributed by atoms with E-state index in [2.05, 4.69) is 38.8 Å². The van der Waals surface area contributed by atoms with Crippen molar-refractivity contribution in [1.29, 1.82) is 5.26 Å². The molecule has 0 aliphatic carbocycles. The fourth-order valence-electron chi connectivity index (χ4n) is 3.20. The van der Waals surface area contributed by atoms with Crippen molar-refractivity contribution in [2.75, 3.05) is 48.9 Å². The average molecular weight is 336 g/mol.